The lowest BCUT2D eigenvalue weighted by molar-refractivity contribution is 0.0769. The van der Waals surface area contributed by atoms with Crippen molar-refractivity contribution in [2.75, 3.05) is 20.2 Å². The van der Waals surface area contributed by atoms with Gasteiger partial charge in [0.1, 0.15) is 18.1 Å². The summed E-state index contributed by atoms with van der Waals surface area (Å²) < 4.78 is 5.75. The Bertz CT molecular complexity index is 873. The van der Waals surface area contributed by atoms with Crippen LogP contribution in [0.1, 0.15) is 16.1 Å². The summed E-state index contributed by atoms with van der Waals surface area (Å²) in [5, 5.41) is 1.58. The molecule has 0 aliphatic carbocycles. The normalized spacial score (nSPS) is 10.8. The number of hydrogen-bond donors (Lipinski definition) is 1. The number of ether oxygens (including phenoxy) is 1. The van der Waals surface area contributed by atoms with Gasteiger partial charge in [-0.1, -0.05) is 29.8 Å². The molecule has 5 heteroatoms. The molecule has 3 rings (SSSR count). The summed E-state index contributed by atoms with van der Waals surface area (Å²) in [6.07, 6.45) is 0. The highest BCUT2D eigenvalue weighted by molar-refractivity contribution is 6.31. The van der Waals surface area contributed by atoms with Crippen molar-refractivity contribution in [2.24, 2.45) is 0 Å². The number of likely N-dealkylation sites (N-methyl/N-ethyl adjacent to an activating group) is 1. The lowest BCUT2D eigenvalue weighted by atomic mass is 10.2. The zero-order valence-corrected chi connectivity index (χ0v) is 14.4. The highest BCUT2D eigenvalue weighted by Crippen LogP contribution is 2.21. The Hall–Kier alpha value is -2.46. The average molecular weight is 343 g/mol. The molecule has 1 N–H and O–H groups in total. The van der Waals surface area contributed by atoms with Gasteiger partial charge in [0, 0.05) is 23.0 Å². The monoisotopic (exact) mass is 342 g/mol. The molecule has 1 heterocycles. The maximum Gasteiger partial charge on any atom is 0.270 e. The van der Waals surface area contributed by atoms with Gasteiger partial charge in [0.15, 0.2) is 0 Å². The standard InChI is InChI=1S/C19H19ClN2O2/c1-13-5-3-4-6-18(13)24-10-9-22(2)19(23)17-12-14-11-15(20)7-8-16(14)21-17/h3-8,11-12,21H,9-10H2,1-2H3. The largest absolute Gasteiger partial charge is 0.491 e. The van der Waals surface area contributed by atoms with Gasteiger partial charge in [0.05, 0.1) is 6.54 Å². The minimum Gasteiger partial charge on any atom is -0.491 e. The molecule has 0 saturated heterocycles. The van der Waals surface area contributed by atoms with Crippen LogP contribution in [0.2, 0.25) is 5.02 Å². The molecule has 0 aliphatic rings. The molecule has 1 amide bonds. The van der Waals surface area contributed by atoms with E-state index >= 15 is 0 Å². The van der Waals surface area contributed by atoms with E-state index in [9.17, 15) is 4.79 Å². The van der Waals surface area contributed by atoms with Gasteiger partial charge in [-0.3, -0.25) is 4.79 Å². The number of amides is 1. The van der Waals surface area contributed by atoms with Crippen molar-refractivity contribution >= 4 is 28.4 Å². The van der Waals surface area contributed by atoms with Crippen LogP contribution in [0.5, 0.6) is 5.75 Å². The maximum absolute atomic E-state index is 12.5. The first-order valence-corrected chi connectivity index (χ1v) is 8.14. The van der Waals surface area contributed by atoms with Crippen LogP contribution in [0.3, 0.4) is 0 Å². The lowest BCUT2D eigenvalue weighted by Gasteiger charge is -2.17. The quantitative estimate of drug-likeness (QED) is 0.752. The summed E-state index contributed by atoms with van der Waals surface area (Å²) in [6.45, 7) is 2.95. The number of halogens is 1. The second-order valence-electron chi connectivity index (χ2n) is 5.76. The fourth-order valence-corrected chi connectivity index (χ4v) is 2.72. The molecular weight excluding hydrogens is 324 g/mol. The van der Waals surface area contributed by atoms with E-state index in [2.05, 4.69) is 4.98 Å². The van der Waals surface area contributed by atoms with Gasteiger partial charge in [-0.25, -0.2) is 0 Å². The van der Waals surface area contributed by atoms with Crippen LogP contribution in [-0.4, -0.2) is 36.0 Å². The van der Waals surface area contributed by atoms with E-state index in [1.165, 1.54) is 0 Å². The SMILES string of the molecule is Cc1ccccc1OCCN(C)C(=O)c1cc2cc(Cl)ccc2[nH]1. The van der Waals surface area contributed by atoms with Gasteiger partial charge in [-0.15, -0.1) is 0 Å². The van der Waals surface area contributed by atoms with Gasteiger partial charge < -0.3 is 14.6 Å². The Morgan fingerprint density at radius 2 is 2.00 bits per heavy atom. The first-order valence-electron chi connectivity index (χ1n) is 7.77. The molecule has 0 unspecified atom stereocenters. The van der Waals surface area contributed by atoms with Crippen LogP contribution in [0.25, 0.3) is 10.9 Å². The topological polar surface area (TPSA) is 45.3 Å². The number of carbonyl (C=O) groups is 1. The van der Waals surface area contributed by atoms with E-state index in [0.717, 1.165) is 22.2 Å². The van der Waals surface area contributed by atoms with Gasteiger partial charge in [-0.2, -0.15) is 0 Å². The van der Waals surface area contributed by atoms with Crippen molar-refractivity contribution in [1.82, 2.24) is 9.88 Å². The smallest absolute Gasteiger partial charge is 0.270 e. The summed E-state index contributed by atoms with van der Waals surface area (Å²) in [7, 11) is 1.77. The fourth-order valence-electron chi connectivity index (χ4n) is 2.54. The predicted octanol–water partition coefficient (Wildman–Crippen LogP) is 4.28. The number of nitrogens with one attached hydrogen (secondary N) is 1. The van der Waals surface area contributed by atoms with Gasteiger partial charge in [-0.05, 0) is 42.8 Å². The van der Waals surface area contributed by atoms with Crippen LogP contribution in [0.4, 0.5) is 0 Å². The molecule has 1 aromatic heterocycles. The summed E-state index contributed by atoms with van der Waals surface area (Å²) in [6, 6.07) is 15.2. The summed E-state index contributed by atoms with van der Waals surface area (Å²) in [5.41, 5.74) is 2.52. The Balaban J connectivity index is 1.62. The van der Waals surface area contributed by atoms with Crippen molar-refractivity contribution < 1.29 is 9.53 Å². The van der Waals surface area contributed by atoms with Crippen LogP contribution >= 0.6 is 11.6 Å². The third-order valence-corrected chi connectivity index (χ3v) is 4.17. The van der Waals surface area contributed by atoms with E-state index in [1.807, 2.05) is 49.4 Å². The van der Waals surface area contributed by atoms with Crippen molar-refractivity contribution in [3.8, 4) is 5.75 Å². The number of H-pyrrole nitrogens is 1. The zero-order chi connectivity index (χ0) is 17.1. The zero-order valence-electron chi connectivity index (χ0n) is 13.7. The first-order chi connectivity index (χ1) is 11.5. The number of aryl methyl sites for hydroxylation is 1. The molecule has 0 saturated carbocycles. The van der Waals surface area contributed by atoms with E-state index in [1.54, 1.807) is 18.0 Å². The molecule has 0 spiro atoms. The number of carbonyl (C=O) groups excluding carboxylic acids is 1. The second kappa shape index (κ2) is 6.97. The first kappa shape index (κ1) is 16.4. The van der Waals surface area contributed by atoms with Crippen LogP contribution in [0.15, 0.2) is 48.5 Å². The number of benzene rings is 2. The highest BCUT2D eigenvalue weighted by atomic mass is 35.5. The fraction of sp³-hybridized carbons (Fsp3) is 0.211. The third kappa shape index (κ3) is 3.54. The van der Waals surface area contributed by atoms with Gasteiger partial charge in [0.25, 0.3) is 5.91 Å². The van der Waals surface area contributed by atoms with E-state index in [-0.39, 0.29) is 5.91 Å². The number of aromatic amines is 1. The van der Waals surface area contributed by atoms with Crippen LogP contribution in [-0.2, 0) is 0 Å². The van der Waals surface area contributed by atoms with Gasteiger partial charge in [0.2, 0.25) is 0 Å². The Morgan fingerprint density at radius 3 is 2.79 bits per heavy atom. The molecule has 4 nitrogen and oxygen atoms in total. The van der Waals surface area contributed by atoms with Crippen molar-refractivity contribution in [1.29, 1.82) is 0 Å². The second-order valence-corrected chi connectivity index (χ2v) is 6.19. The van der Waals surface area contributed by atoms with Crippen molar-refractivity contribution in [3.63, 3.8) is 0 Å². The molecule has 24 heavy (non-hydrogen) atoms. The third-order valence-electron chi connectivity index (χ3n) is 3.94. The molecule has 0 fully saturated rings. The number of hydrogen-bond acceptors (Lipinski definition) is 2. The molecule has 2 aromatic carbocycles. The predicted molar refractivity (Wildman–Crippen MR) is 96.9 cm³/mol. The Morgan fingerprint density at radius 1 is 1.21 bits per heavy atom. The highest BCUT2D eigenvalue weighted by Gasteiger charge is 2.14. The number of nitrogens with zero attached hydrogens (tertiary/aromatic N) is 1. The molecule has 0 atom stereocenters. The molecule has 3 aromatic rings. The van der Waals surface area contributed by atoms with Gasteiger partial charge >= 0.3 is 0 Å². The molecule has 0 aliphatic heterocycles. The summed E-state index contributed by atoms with van der Waals surface area (Å²) in [5.74, 6) is 0.773. The van der Waals surface area contributed by atoms with Crippen LogP contribution in [0, 0.1) is 6.92 Å². The Labute approximate surface area is 146 Å². The average Bonchev–Trinajstić information content (AvgIpc) is 2.98. The number of fused-ring (bicyclic) bond motifs is 1. The Kier molecular flexibility index (Phi) is 4.76. The summed E-state index contributed by atoms with van der Waals surface area (Å²) >= 11 is 5.98. The minimum atomic E-state index is -0.0734. The van der Waals surface area contributed by atoms with E-state index in [0.29, 0.717) is 23.9 Å². The summed E-state index contributed by atoms with van der Waals surface area (Å²) in [4.78, 5) is 17.3. The van der Waals surface area contributed by atoms with Crippen molar-refractivity contribution in [3.05, 3.63) is 64.8 Å². The lowest BCUT2D eigenvalue weighted by Crippen LogP contribution is -2.31. The molecule has 0 bridgehead atoms. The van der Waals surface area contributed by atoms with Crippen molar-refractivity contribution in [2.45, 2.75) is 6.92 Å². The minimum absolute atomic E-state index is 0.0734. The molecule has 0 radical (unpaired) electrons. The number of aromatic nitrogens is 1. The van der Waals surface area contributed by atoms with Crippen LogP contribution < -0.4 is 4.74 Å². The number of para-hydroxylation sites is 1. The van der Waals surface area contributed by atoms with E-state index < -0.39 is 0 Å². The maximum atomic E-state index is 12.5. The molecule has 124 valence electrons. The molecular formula is C19H19ClN2O2. The van der Waals surface area contributed by atoms with E-state index in [4.69, 9.17) is 16.3 Å². The number of rotatable bonds is 5.